The van der Waals surface area contributed by atoms with Gasteiger partial charge in [-0.15, -0.1) is 0 Å². The molecule has 1 aliphatic rings. The number of rotatable bonds is 2. The summed E-state index contributed by atoms with van der Waals surface area (Å²) in [6, 6.07) is 5.60. The summed E-state index contributed by atoms with van der Waals surface area (Å²) in [7, 11) is 0. The topological polar surface area (TPSA) is 26.3 Å². The highest BCUT2D eigenvalue weighted by Gasteiger charge is 2.20. The molecular weight excluding hydrogens is 195 g/mol. The Bertz CT molecular complexity index is 356. The van der Waals surface area contributed by atoms with Crippen molar-refractivity contribution in [2.24, 2.45) is 0 Å². The minimum Gasteiger partial charge on any atom is -0.459 e. The van der Waals surface area contributed by atoms with Crippen molar-refractivity contribution < 1.29 is 13.9 Å². The minimum atomic E-state index is -0.415. The van der Waals surface area contributed by atoms with E-state index in [1.54, 1.807) is 6.07 Å². The molecule has 0 saturated heterocycles. The van der Waals surface area contributed by atoms with Crippen LogP contribution in [0.5, 0.6) is 0 Å². The highest BCUT2D eigenvalue weighted by molar-refractivity contribution is 5.89. The van der Waals surface area contributed by atoms with E-state index in [1.165, 1.54) is 18.2 Å². The van der Waals surface area contributed by atoms with Crippen LogP contribution in [0.1, 0.15) is 36.0 Å². The minimum absolute atomic E-state index is 0.0285. The Morgan fingerprint density at radius 2 is 2.07 bits per heavy atom. The van der Waals surface area contributed by atoms with Crippen molar-refractivity contribution in [1.82, 2.24) is 0 Å². The maximum atomic E-state index is 12.8. The standard InChI is InChI=1S/C12H13FO2/c13-10-5-3-4-9(8-10)12(14)15-11-6-1-2-7-11/h3-5,8,11H,1-2,6-7H2. The van der Waals surface area contributed by atoms with Crippen molar-refractivity contribution in [3.8, 4) is 0 Å². The van der Waals surface area contributed by atoms with E-state index in [2.05, 4.69) is 0 Å². The number of esters is 1. The molecule has 0 radical (unpaired) electrons. The van der Waals surface area contributed by atoms with Crippen molar-refractivity contribution in [3.63, 3.8) is 0 Å². The Morgan fingerprint density at radius 1 is 1.33 bits per heavy atom. The van der Waals surface area contributed by atoms with Crippen LogP contribution in [0.2, 0.25) is 0 Å². The van der Waals surface area contributed by atoms with E-state index in [0.29, 0.717) is 5.56 Å². The average molecular weight is 208 g/mol. The predicted molar refractivity (Wildman–Crippen MR) is 54.1 cm³/mol. The second kappa shape index (κ2) is 4.43. The van der Waals surface area contributed by atoms with E-state index < -0.39 is 11.8 Å². The first kappa shape index (κ1) is 10.1. The lowest BCUT2D eigenvalue weighted by molar-refractivity contribution is 0.0317. The fourth-order valence-electron chi connectivity index (χ4n) is 1.84. The molecule has 1 saturated carbocycles. The largest absolute Gasteiger partial charge is 0.459 e. The van der Waals surface area contributed by atoms with Crippen LogP contribution in [0.3, 0.4) is 0 Å². The van der Waals surface area contributed by atoms with Gasteiger partial charge in [0.25, 0.3) is 0 Å². The van der Waals surface area contributed by atoms with E-state index in [0.717, 1.165) is 25.7 Å². The van der Waals surface area contributed by atoms with E-state index in [9.17, 15) is 9.18 Å². The van der Waals surface area contributed by atoms with Gasteiger partial charge in [-0.05, 0) is 43.9 Å². The molecule has 0 spiro atoms. The Labute approximate surface area is 88.1 Å². The Balaban J connectivity index is 2.01. The number of hydrogen-bond donors (Lipinski definition) is 0. The van der Waals surface area contributed by atoms with E-state index >= 15 is 0 Å². The van der Waals surface area contributed by atoms with Crippen LogP contribution in [0.25, 0.3) is 0 Å². The molecule has 0 bridgehead atoms. The zero-order valence-corrected chi connectivity index (χ0v) is 8.41. The molecule has 3 heteroatoms. The molecule has 0 unspecified atom stereocenters. The van der Waals surface area contributed by atoms with Gasteiger partial charge in [0, 0.05) is 0 Å². The summed E-state index contributed by atoms with van der Waals surface area (Å²) < 4.78 is 18.1. The summed E-state index contributed by atoms with van der Waals surface area (Å²) in [6.07, 6.45) is 4.12. The van der Waals surface area contributed by atoms with Gasteiger partial charge in [-0.1, -0.05) is 6.07 Å². The second-order valence-corrected chi connectivity index (χ2v) is 3.82. The summed E-state index contributed by atoms with van der Waals surface area (Å²) in [5.41, 5.74) is 0.293. The average Bonchev–Trinajstić information content (AvgIpc) is 2.70. The molecular formula is C12H13FO2. The third kappa shape index (κ3) is 2.55. The van der Waals surface area contributed by atoms with Gasteiger partial charge in [0.2, 0.25) is 0 Å². The molecule has 1 fully saturated rings. The molecule has 2 rings (SSSR count). The van der Waals surface area contributed by atoms with Gasteiger partial charge in [-0.3, -0.25) is 0 Å². The highest BCUT2D eigenvalue weighted by atomic mass is 19.1. The van der Waals surface area contributed by atoms with E-state index in [-0.39, 0.29) is 6.10 Å². The number of hydrogen-bond acceptors (Lipinski definition) is 2. The van der Waals surface area contributed by atoms with Crippen LogP contribution in [-0.4, -0.2) is 12.1 Å². The van der Waals surface area contributed by atoms with Gasteiger partial charge in [0.1, 0.15) is 11.9 Å². The Kier molecular flexibility index (Phi) is 2.99. The molecule has 0 aromatic heterocycles. The lowest BCUT2D eigenvalue weighted by atomic mass is 10.2. The van der Waals surface area contributed by atoms with Gasteiger partial charge in [0.15, 0.2) is 0 Å². The van der Waals surface area contributed by atoms with Crippen molar-refractivity contribution >= 4 is 5.97 Å². The first-order valence-electron chi connectivity index (χ1n) is 5.22. The highest BCUT2D eigenvalue weighted by Crippen LogP contribution is 2.22. The van der Waals surface area contributed by atoms with Crippen LogP contribution >= 0.6 is 0 Å². The SMILES string of the molecule is O=C(OC1CCCC1)c1cccc(F)c1. The molecule has 0 atom stereocenters. The fourth-order valence-corrected chi connectivity index (χ4v) is 1.84. The molecule has 2 nitrogen and oxygen atoms in total. The fraction of sp³-hybridized carbons (Fsp3) is 0.417. The lowest BCUT2D eigenvalue weighted by Crippen LogP contribution is -2.14. The van der Waals surface area contributed by atoms with Crippen LogP contribution in [0.15, 0.2) is 24.3 Å². The molecule has 80 valence electrons. The maximum Gasteiger partial charge on any atom is 0.338 e. The normalized spacial score (nSPS) is 16.6. The van der Waals surface area contributed by atoms with Crippen molar-refractivity contribution in [2.45, 2.75) is 31.8 Å². The zero-order valence-electron chi connectivity index (χ0n) is 8.41. The van der Waals surface area contributed by atoms with E-state index in [1.807, 2.05) is 0 Å². The summed E-state index contributed by atoms with van der Waals surface area (Å²) in [5.74, 6) is -0.822. The third-order valence-electron chi connectivity index (χ3n) is 2.64. The number of halogens is 1. The summed E-state index contributed by atoms with van der Waals surface area (Å²) in [5, 5.41) is 0. The first-order valence-corrected chi connectivity index (χ1v) is 5.22. The van der Waals surface area contributed by atoms with Crippen molar-refractivity contribution in [1.29, 1.82) is 0 Å². The molecule has 0 amide bonds. The van der Waals surface area contributed by atoms with Gasteiger partial charge in [0.05, 0.1) is 5.56 Å². The summed E-state index contributed by atoms with van der Waals surface area (Å²) in [6.45, 7) is 0. The second-order valence-electron chi connectivity index (χ2n) is 3.82. The van der Waals surface area contributed by atoms with Gasteiger partial charge in [-0.25, -0.2) is 9.18 Å². The number of carbonyl (C=O) groups excluding carboxylic acids is 1. The predicted octanol–water partition coefficient (Wildman–Crippen LogP) is 2.93. The molecule has 0 N–H and O–H groups in total. The summed E-state index contributed by atoms with van der Waals surface area (Å²) >= 11 is 0. The molecule has 0 heterocycles. The van der Waals surface area contributed by atoms with Crippen LogP contribution in [-0.2, 0) is 4.74 Å². The Morgan fingerprint density at radius 3 is 2.73 bits per heavy atom. The van der Waals surface area contributed by atoms with Crippen LogP contribution in [0, 0.1) is 5.82 Å². The zero-order chi connectivity index (χ0) is 10.7. The number of benzene rings is 1. The molecule has 0 aliphatic heterocycles. The smallest absolute Gasteiger partial charge is 0.338 e. The third-order valence-corrected chi connectivity index (χ3v) is 2.64. The molecule has 1 aliphatic carbocycles. The summed E-state index contributed by atoms with van der Waals surface area (Å²) in [4.78, 5) is 11.6. The van der Waals surface area contributed by atoms with Crippen molar-refractivity contribution in [3.05, 3.63) is 35.6 Å². The van der Waals surface area contributed by atoms with E-state index in [4.69, 9.17) is 4.74 Å². The quantitative estimate of drug-likeness (QED) is 0.698. The van der Waals surface area contributed by atoms with Crippen LogP contribution < -0.4 is 0 Å². The monoisotopic (exact) mass is 208 g/mol. The number of ether oxygens (including phenoxy) is 1. The first-order chi connectivity index (χ1) is 7.25. The van der Waals surface area contributed by atoms with Crippen molar-refractivity contribution in [2.75, 3.05) is 0 Å². The van der Waals surface area contributed by atoms with Gasteiger partial charge >= 0.3 is 5.97 Å². The molecule has 1 aromatic carbocycles. The Hall–Kier alpha value is -1.38. The lowest BCUT2D eigenvalue weighted by Gasteiger charge is -2.10. The van der Waals surface area contributed by atoms with Gasteiger partial charge < -0.3 is 4.74 Å². The number of carbonyl (C=O) groups is 1. The van der Waals surface area contributed by atoms with Crippen LogP contribution in [0.4, 0.5) is 4.39 Å². The molecule has 15 heavy (non-hydrogen) atoms. The molecule has 1 aromatic rings. The van der Waals surface area contributed by atoms with Gasteiger partial charge in [-0.2, -0.15) is 0 Å². The maximum absolute atomic E-state index is 12.8.